The molecule has 146 valence electrons. The van der Waals surface area contributed by atoms with Gasteiger partial charge in [0.2, 0.25) is 0 Å². The Labute approximate surface area is 169 Å². The Balaban J connectivity index is 1.36. The smallest absolute Gasteiger partial charge is 0.255 e. The summed E-state index contributed by atoms with van der Waals surface area (Å²) < 4.78 is 5.38. The largest absolute Gasteiger partial charge is 0.368 e. The molecule has 0 saturated carbocycles. The Morgan fingerprint density at radius 3 is 2.00 bits per heavy atom. The van der Waals surface area contributed by atoms with E-state index >= 15 is 0 Å². The predicted molar refractivity (Wildman–Crippen MR) is 114 cm³/mol. The van der Waals surface area contributed by atoms with Gasteiger partial charge in [-0.05, 0) is 60.4 Å². The minimum Gasteiger partial charge on any atom is -0.368 e. The van der Waals surface area contributed by atoms with E-state index < -0.39 is 0 Å². The summed E-state index contributed by atoms with van der Waals surface area (Å²) in [5.41, 5.74) is 4.10. The Morgan fingerprint density at radius 2 is 1.38 bits per heavy atom. The van der Waals surface area contributed by atoms with Gasteiger partial charge >= 0.3 is 0 Å². The van der Waals surface area contributed by atoms with E-state index in [2.05, 4.69) is 10.6 Å². The Bertz CT molecular complexity index is 977. The number of ether oxygens (including phenoxy) is 1. The number of carbonyl (C=O) groups excluding carboxylic acids is 2. The van der Waals surface area contributed by atoms with Crippen molar-refractivity contribution in [2.75, 3.05) is 17.2 Å². The number of nitrogens with one attached hydrogen (secondary N) is 2. The predicted octanol–water partition coefficient (Wildman–Crippen LogP) is 4.72. The van der Waals surface area contributed by atoms with Crippen molar-refractivity contribution in [1.29, 1.82) is 0 Å². The first-order valence-corrected chi connectivity index (χ1v) is 9.68. The lowest BCUT2D eigenvalue weighted by molar-refractivity contribution is -0.124. The van der Waals surface area contributed by atoms with Crippen molar-refractivity contribution in [3.05, 3.63) is 84.4 Å². The molecule has 2 N–H and O–H groups in total. The average molecular weight is 386 g/mol. The number of hydrogen-bond donors (Lipinski definition) is 2. The van der Waals surface area contributed by atoms with E-state index in [0.717, 1.165) is 24.0 Å². The first kappa shape index (κ1) is 18.9. The van der Waals surface area contributed by atoms with Crippen LogP contribution in [0.25, 0.3) is 11.1 Å². The van der Waals surface area contributed by atoms with Crippen molar-refractivity contribution >= 4 is 23.2 Å². The molecule has 0 spiro atoms. The number of benzene rings is 3. The summed E-state index contributed by atoms with van der Waals surface area (Å²) in [5.74, 6) is -0.307. The van der Waals surface area contributed by atoms with Crippen LogP contribution in [0.1, 0.15) is 23.2 Å². The molecule has 1 aliphatic heterocycles. The number of carbonyl (C=O) groups is 2. The van der Waals surface area contributed by atoms with Crippen molar-refractivity contribution in [2.45, 2.75) is 18.9 Å². The van der Waals surface area contributed by atoms with Gasteiger partial charge in [0.05, 0.1) is 0 Å². The number of hydrogen-bond acceptors (Lipinski definition) is 3. The molecule has 3 aromatic carbocycles. The zero-order chi connectivity index (χ0) is 20.1. The molecule has 3 aromatic rings. The first-order chi connectivity index (χ1) is 14.2. The molecule has 1 atom stereocenters. The van der Waals surface area contributed by atoms with E-state index in [-0.39, 0.29) is 17.9 Å². The van der Waals surface area contributed by atoms with Crippen LogP contribution in [-0.4, -0.2) is 24.5 Å². The summed E-state index contributed by atoms with van der Waals surface area (Å²) in [6, 6.07) is 24.6. The topological polar surface area (TPSA) is 67.4 Å². The molecule has 5 heteroatoms. The maximum Gasteiger partial charge on any atom is 0.255 e. The molecule has 0 bridgehead atoms. The van der Waals surface area contributed by atoms with Gasteiger partial charge in [-0.25, -0.2) is 0 Å². The maximum absolute atomic E-state index is 12.5. The van der Waals surface area contributed by atoms with Crippen LogP contribution in [-0.2, 0) is 9.53 Å². The second kappa shape index (κ2) is 8.71. The van der Waals surface area contributed by atoms with Gasteiger partial charge in [0, 0.05) is 23.5 Å². The summed E-state index contributed by atoms with van der Waals surface area (Å²) in [6.45, 7) is 0.634. The minimum atomic E-state index is -0.367. The molecule has 1 unspecified atom stereocenters. The van der Waals surface area contributed by atoms with Crippen LogP contribution in [0.5, 0.6) is 0 Å². The van der Waals surface area contributed by atoms with Crippen LogP contribution in [0.15, 0.2) is 78.9 Å². The standard InChI is InChI=1S/C24H22N2O3/c27-23(19-10-8-18(9-11-19)17-5-2-1-3-6-17)25-20-12-14-21(15-13-20)26-24(28)22-7-4-16-29-22/h1-3,5-6,8-15,22H,4,7,16H2,(H,25,27)(H,26,28). The summed E-state index contributed by atoms with van der Waals surface area (Å²) in [7, 11) is 0. The highest BCUT2D eigenvalue weighted by Gasteiger charge is 2.23. The van der Waals surface area contributed by atoms with Crippen molar-refractivity contribution in [2.24, 2.45) is 0 Å². The van der Waals surface area contributed by atoms with E-state index in [1.54, 1.807) is 24.3 Å². The highest BCUT2D eigenvalue weighted by molar-refractivity contribution is 6.04. The molecule has 5 nitrogen and oxygen atoms in total. The zero-order valence-corrected chi connectivity index (χ0v) is 15.9. The number of rotatable bonds is 5. The van der Waals surface area contributed by atoms with E-state index in [0.29, 0.717) is 23.5 Å². The monoisotopic (exact) mass is 386 g/mol. The fourth-order valence-electron chi connectivity index (χ4n) is 3.29. The summed E-state index contributed by atoms with van der Waals surface area (Å²) in [6.07, 6.45) is 1.30. The lowest BCUT2D eigenvalue weighted by Crippen LogP contribution is -2.26. The molecule has 1 aliphatic rings. The highest BCUT2D eigenvalue weighted by Crippen LogP contribution is 2.21. The molecule has 1 saturated heterocycles. The van der Waals surface area contributed by atoms with Crippen molar-refractivity contribution < 1.29 is 14.3 Å². The van der Waals surface area contributed by atoms with Crippen LogP contribution in [0.3, 0.4) is 0 Å². The van der Waals surface area contributed by atoms with Crippen LogP contribution in [0.2, 0.25) is 0 Å². The minimum absolute atomic E-state index is 0.127. The normalized spacial score (nSPS) is 15.7. The molecule has 1 heterocycles. The first-order valence-electron chi connectivity index (χ1n) is 9.68. The van der Waals surface area contributed by atoms with Gasteiger partial charge in [-0.15, -0.1) is 0 Å². The van der Waals surface area contributed by atoms with Gasteiger partial charge in [0.25, 0.3) is 11.8 Å². The average Bonchev–Trinajstić information content (AvgIpc) is 3.31. The van der Waals surface area contributed by atoms with Gasteiger partial charge in [0.15, 0.2) is 0 Å². The molecule has 0 aromatic heterocycles. The van der Waals surface area contributed by atoms with Gasteiger partial charge in [-0.3, -0.25) is 9.59 Å². The Morgan fingerprint density at radius 1 is 0.759 bits per heavy atom. The highest BCUT2D eigenvalue weighted by atomic mass is 16.5. The third-order valence-corrected chi connectivity index (χ3v) is 4.89. The number of amides is 2. The molecule has 0 aliphatic carbocycles. The van der Waals surface area contributed by atoms with E-state index in [9.17, 15) is 9.59 Å². The molecular formula is C24H22N2O3. The Kier molecular flexibility index (Phi) is 5.68. The van der Waals surface area contributed by atoms with Crippen LogP contribution in [0, 0.1) is 0 Å². The van der Waals surface area contributed by atoms with E-state index in [4.69, 9.17) is 4.74 Å². The molecule has 2 amide bonds. The molecule has 0 radical (unpaired) electrons. The van der Waals surface area contributed by atoms with Gasteiger partial charge in [-0.2, -0.15) is 0 Å². The summed E-state index contributed by atoms with van der Waals surface area (Å²) in [4.78, 5) is 24.6. The quantitative estimate of drug-likeness (QED) is 0.666. The molecule has 4 rings (SSSR count). The zero-order valence-electron chi connectivity index (χ0n) is 15.9. The second-order valence-electron chi connectivity index (χ2n) is 6.97. The molecule has 1 fully saturated rings. The lowest BCUT2D eigenvalue weighted by atomic mass is 10.0. The van der Waals surface area contributed by atoms with E-state index in [1.165, 1.54) is 0 Å². The van der Waals surface area contributed by atoms with Crippen LogP contribution < -0.4 is 10.6 Å². The van der Waals surface area contributed by atoms with Crippen LogP contribution in [0.4, 0.5) is 11.4 Å². The summed E-state index contributed by atoms with van der Waals surface area (Å²) >= 11 is 0. The third-order valence-electron chi connectivity index (χ3n) is 4.89. The van der Waals surface area contributed by atoms with Gasteiger partial charge < -0.3 is 15.4 Å². The van der Waals surface area contributed by atoms with Gasteiger partial charge in [0.1, 0.15) is 6.10 Å². The van der Waals surface area contributed by atoms with E-state index in [1.807, 2.05) is 54.6 Å². The van der Waals surface area contributed by atoms with Crippen LogP contribution >= 0.6 is 0 Å². The number of anilines is 2. The lowest BCUT2D eigenvalue weighted by Gasteiger charge is -2.11. The fourth-order valence-corrected chi connectivity index (χ4v) is 3.29. The molecular weight excluding hydrogens is 364 g/mol. The molecule has 29 heavy (non-hydrogen) atoms. The third kappa shape index (κ3) is 4.70. The van der Waals surface area contributed by atoms with Crippen molar-refractivity contribution in [3.63, 3.8) is 0 Å². The Hall–Kier alpha value is -3.44. The van der Waals surface area contributed by atoms with Gasteiger partial charge in [-0.1, -0.05) is 42.5 Å². The fraction of sp³-hybridized carbons (Fsp3) is 0.167. The summed E-state index contributed by atoms with van der Waals surface area (Å²) in [5, 5.41) is 5.72. The SMILES string of the molecule is O=C(Nc1ccc(NC(=O)C2CCCO2)cc1)c1ccc(-c2ccccc2)cc1. The maximum atomic E-state index is 12.5. The second-order valence-corrected chi connectivity index (χ2v) is 6.97. The van der Waals surface area contributed by atoms with Crippen molar-refractivity contribution in [3.8, 4) is 11.1 Å². The van der Waals surface area contributed by atoms with Crippen molar-refractivity contribution in [1.82, 2.24) is 0 Å².